The second-order valence-electron chi connectivity index (χ2n) is 7.68. The van der Waals surface area contributed by atoms with Crippen LogP contribution in [0.2, 0.25) is 0 Å². The third kappa shape index (κ3) is 6.04. The molecule has 1 aliphatic rings. The third-order valence-electron chi connectivity index (χ3n) is 5.62. The fourth-order valence-corrected chi connectivity index (χ4v) is 5.19. The van der Waals surface area contributed by atoms with Crippen LogP contribution in [0.3, 0.4) is 0 Å². The highest BCUT2D eigenvalue weighted by molar-refractivity contribution is 7.89. The van der Waals surface area contributed by atoms with Gasteiger partial charge in [0.25, 0.3) is 5.91 Å². The number of nitrogens with one attached hydrogen (secondary N) is 1. The number of hydrogen-bond acceptors (Lipinski definition) is 6. The molecule has 1 amide bonds. The largest absolute Gasteiger partial charge is 0.481 e. The van der Waals surface area contributed by atoms with E-state index in [0.29, 0.717) is 57.3 Å². The summed E-state index contributed by atoms with van der Waals surface area (Å²) in [4.78, 5) is 15.3. The van der Waals surface area contributed by atoms with Crippen LogP contribution < -0.4 is 15.0 Å². The summed E-state index contributed by atoms with van der Waals surface area (Å²) in [6, 6.07) is 14.1. The van der Waals surface area contributed by atoms with Gasteiger partial charge in [0.15, 0.2) is 6.10 Å². The van der Waals surface area contributed by atoms with Crippen LogP contribution in [0.4, 0.5) is 11.4 Å². The Kier molecular flexibility index (Phi) is 8.71. The van der Waals surface area contributed by atoms with Crippen LogP contribution in [0.15, 0.2) is 53.4 Å². The zero-order chi connectivity index (χ0) is 23.8. The summed E-state index contributed by atoms with van der Waals surface area (Å²) in [5, 5.41) is 2.93. The van der Waals surface area contributed by atoms with Crippen LogP contribution in [-0.2, 0) is 19.6 Å². The Morgan fingerprint density at radius 1 is 1.09 bits per heavy atom. The monoisotopic (exact) mass is 475 g/mol. The average Bonchev–Trinajstić information content (AvgIpc) is 2.85. The number of rotatable bonds is 10. The van der Waals surface area contributed by atoms with Crippen molar-refractivity contribution < 1.29 is 22.7 Å². The summed E-state index contributed by atoms with van der Waals surface area (Å²) >= 11 is 0. The number of nitrogens with zero attached hydrogens (tertiary/aromatic N) is 2. The Morgan fingerprint density at radius 2 is 1.76 bits per heavy atom. The molecule has 1 fully saturated rings. The molecule has 9 heteroatoms. The van der Waals surface area contributed by atoms with Crippen LogP contribution in [0, 0.1) is 0 Å². The Bertz CT molecular complexity index is 1020. The number of carbonyl (C=O) groups is 1. The molecule has 1 N–H and O–H groups in total. The molecule has 3 rings (SSSR count). The first-order chi connectivity index (χ1) is 15.9. The average molecular weight is 476 g/mol. The van der Waals surface area contributed by atoms with Gasteiger partial charge in [0, 0.05) is 26.2 Å². The van der Waals surface area contributed by atoms with Gasteiger partial charge in [-0.25, -0.2) is 8.42 Å². The summed E-state index contributed by atoms with van der Waals surface area (Å²) in [6.45, 7) is 8.69. The van der Waals surface area contributed by atoms with Gasteiger partial charge in [0.2, 0.25) is 10.0 Å². The van der Waals surface area contributed by atoms with Crippen molar-refractivity contribution in [2.24, 2.45) is 0 Å². The Labute approximate surface area is 196 Å². The first-order valence-electron chi connectivity index (χ1n) is 11.4. The molecule has 1 atom stereocenters. The van der Waals surface area contributed by atoms with Crippen molar-refractivity contribution in [1.29, 1.82) is 0 Å². The Hall–Kier alpha value is -2.62. The topological polar surface area (TPSA) is 88.2 Å². The molecule has 0 saturated carbocycles. The van der Waals surface area contributed by atoms with E-state index in [1.807, 2.05) is 39.0 Å². The lowest BCUT2D eigenvalue weighted by Gasteiger charge is -2.28. The van der Waals surface area contributed by atoms with E-state index in [0.717, 1.165) is 5.69 Å². The van der Waals surface area contributed by atoms with Crippen molar-refractivity contribution >= 4 is 27.3 Å². The van der Waals surface area contributed by atoms with Crippen LogP contribution in [0.25, 0.3) is 0 Å². The maximum atomic E-state index is 13.2. The lowest BCUT2D eigenvalue weighted by molar-refractivity contribution is -0.122. The van der Waals surface area contributed by atoms with Crippen LogP contribution in [-0.4, -0.2) is 64.1 Å². The fourth-order valence-electron chi connectivity index (χ4n) is 3.75. The second-order valence-corrected chi connectivity index (χ2v) is 9.62. The number of morpholine rings is 1. The summed E-state index contributed by atoms with van der Waals surface area (Å²) in [5.41, 5.74) is 1.22. The summed E-state index contributed by atoms with van der Waals surface area (Å²) in [5.74, 6) is 0.280. The molecule has 1 aliphatic heterocycles. The number of para-hydroxylation sites is 1. The number of anilines is 2. The van der Waals surface area contributed by atoms with E-state index in [4.69, 9.17) is 9.47 Å². The number of amides is 1. The van der Waals surface area contributed by atoms with E-state index < -0.39 is 16.1 Å². The highest BCUT2D eigenvalue weighted by Gasteiger charge is 2.28. The van der Waals surface area contributed by atoms with Crippen molar-refractivity contribution in [3.05, 3.63) is 48.5 Å². The molecule has 1 heterocycles. The van der Waals surface area contributed by atoms with Crippen molar-refractivity contribution in [3.8, 4) is 5.75 Å². The first-order valence-corrected chi connectivity index (χ1v) is 12.8. The third-order valence-corrected chi connectivity index (χ3v) is 7.52. The molecule has 8 nitrogen and oxygen atoms in total. The van der Waals surface area contributed by atoms with Gasteiger partial charge in [-0.2, -0.15) is 4.31 Å². The van der Waals surface area contributed by atoms with Gasteiger partial charge < -0.3 is 19.7 Å². The molecule has 0 radical (unpaired) electrons. The number of carbonyl (C=O) groups excluding carboxylic acids is 1. The highest BCUT2D eigenvalue weighted by atomic mass is 32.2. The molecule has 1 saturated heterocycles. The van der Waals surface area contributed by atoms with Gasteiger partial charge in [-0.1, -0.05) is 25.1 Å². The smallest absolute Gasteiger partial charge is 0.265 e. The molecule has 2 aromatic rings. The van der Waals surface area contributed by atoms with Crippen LogP contribution in [0.5, 0.6) is 5.75 Å². The van der Waals surface area contributed by atoms with E-state index >= 15 is 0 Å². The van der Waals surface area contributed by atoms with E-state index in [2.05, 4.69) is 10.2 Å². The molecule has 33 heavy (non-hydrogen) atoms. The van der Waals surface area contributed by atoms with Gasteiger partial charge in [0.05, 0.1) is 29.5 Å². The molecule has 0 aromatic heterocycles. The SMILES string of the molecule is CCC(Oc1ccccc1)C(=O)Nc1cc(S(=O)(=O)N2CCOCC2)ccc1N(CC)CC. The van der Waals surface area contributed by atoms with Crippen molar-refractivity contribution in [2.75, 3.05) is 49.6 Å². The summed E-state index contributed by atoms with van der Waals surface area (Å²) in [6.07, 6.45) is -0.246. The minimum atomic E-state index is -3.70. The van der Waals surface area contributed by atoms with Crippen molar-refractivity contribution in [1.82, 2.24) is 4.31 Å². The van der Waals surface area contributed by atoms with Gasteiger partial charge >= 0.3 is 0 Å². The predicted octanol–water partition coefficient (Wildman–Crippen LogP) is 3.35. The Morgan fingerprint density at radius 3 is 2.36 bits per heavy atom. The normalized spacial score (nSPS) is 15.6. The Balaban J connectivity index is 1.91. The summed E-state index contributed by atoms with van der Waals surface area (Å²) < 4.78 is 39.0. The molecular formula is C24H33N3O5S. The summed E-state index contributed by atoms with van der Waals surface area (Å²) in [7, 11) is -3.70. The van der Waals surface area contributed by atoms with E-state index in [1.54, 1.807) is 30.3 Å². The zero-order valence-electron chi connectivity index (χ0n) is 19.5. The molecular weight excluding hydrogens is 442 g/mol. The van der Waals surface area contributed by atoms with Gasteiger partial charge in [-0.15, -0.1) is 0 Å². The molecule has 2 aromatic carbocycles. The highest BCUT2D eigenvalue weighted by Crippen LogP contribution is 2.31. The molecule has 1 unspecified atom stereocenters. The minimum Gasteiger partial charge on any atom is -0.481 e. The maximum absolute atomic E-state index is 13.2. The van der Waals surface area contributed by atoms with Gasteiger partial charge in [0.1, 0.15) is 5.75 Å². The molecule has 0 spiro atoms. The predicted molar refractivity (Wildman–Crippen MR) is 129 cm³/mol. The second kappa shape index (κ2) is 11.5. The first kappa shape index (κ1) is 25.0. The van der Waals surface area contributed by atoms with Crippen LogP contribution >= 0.6 is 0 Å². The van der Waals surface area contributed by atoms with Gasteiger partial charge in [-0.05, 0) is 50.6 Å². The van der Waals surface area contributed by atoms with Crippen LogP contribution in [0.1, 0.15) is 27.2 Å². The number of sulfonamides is 1. The minimum absolute atomic E-state index is 0.146. The zero-order valence-corrected chi connectivity index (χ0v) is 20.3. The standard InChI is InChI=1S/C24H33N3O5S/c1-4-23(32-19-10-8-7-9-11-19)24(28)25-21-18-20(12-13-22(21)26(5-2)6-3)33(29,30)27-14-16-31-17-15-27/h7-13,18,23H,4-6,14-17H2,1-3H3,(H,25,28). The maximum Gasteiger partial charge on any atom is 0.265 e. The number of ether oxygens (including phenoxy) is 2. The fraction of sp³-hybridized carbons (Fsp3) is 0.458. The van der Waals surface area contributed by atoms with E-state index in [-0.39, 0.29) is 10.8 Å². The number of benzene rings is 2. The quantitative estimate of drug-likeness (QED) is 0.567. The lowest BCUT2D eigenvalue weighted by atomic mass is 10.2. The van der Waals surface area contributed by atoms with Crippen molar-refractivity contribution in [3.63, 3.8) is 0 Å². The molecule has 0 aliphatic carbocycles. The number of hydrogen-bond donors (Lipinski definition) is 1. The van der Waals surface area contributed by atoms with E-state index in [9.17, 15) is 13.2 Å². The molecule has 0 bridgehead atoms. The van der Waals surface area contributed by atoms with Gasteiger partial charge in [-0.3, -0.25) is 4.79 Å². The molecule has 180 valence electrons. The van der Waals surface area contributed by atoms with Crippen molar-refractivity contribution in [2.45, 2.75) is 38.2 Å². The van der Waals surface area contributed by atoms with E-state index in [1.165, 1.54) is 4.31 Å². The lowest BCUT2D eigenvalue weighted by Crippen LogP contribution is -2.40.